The fourth-order valence-electron chi connectivity index (χ4n) is 3.19. The highest BCUT2D eigenvalue weighted by Gasteiger charge is 2.15. The molecule has 144 valence electrons. The van der Waals surface area contributed by atoms with E-state index in [4.69, 9.17) is 0 Å². The van der Waals surface area contributed by atoms with Crippen molar-refractivity contribution in [3.63, 3.8) is 0 Å². The summed E-state index contributed by atoms with van der Waals surface area (Å²) in [6, 6.07) is 23.7. The lowest BCUT2D eigenvalue weighted by Gasteiger charge is -2.10. The largest absolute Gasteiger partial charge is 0.508 e. The highest BCUT2D eigenvalue weighted by Crippen LogP contribution is 2.22. The van der Waals surface area contributed by atoms with E-state index in [1.807, 2.05) is 65.2 Å². The molecule has 0 aliphatic rings. The van der Waals surface area contributed by atoms with Crippen molar-refractivity contribution in [2.45, 2.75) is 6.54 Å². The van der Waals surface area contributed by atoms with E-state index >= 15 is 0 Å². The fourth-order valence-corrected chi connectivity index (χ4v) is 3.19. The first-order valence-electron chi connectivity index (χ1n) is 9.09. The number of nitrogens with zero attached hydrogens (tertiary/aromatic N) is 2. The zero-order valence-electron chi connectivity index (χ0n) is 15.5. The number of para-hydroxylation sites is 1. The van der Waals surface area contributed by atoms with E-state index in [-0.39, 0.29) is 17.4 Å². The summed E-state index contributed by atoms with van der Waals surface area (Å²) in [6.45, 7) is 0.555. The Kier molecular flexibility index (Phi) is 4.99. The number of amides is 1. The average molecular weight is 385 g/mol. The van der Waals surface area contributed by atoms with Crippen LogP contribution in [0.1, 0.15) is 21.6 Å². The Labute approximate surface area is 167 Å². The van der Waals surface area contributed by atoms with Crippen LogP contribution < -0.4 is 5.43 Å². The topological polar surface area (TPSA) is 86.8 Å². The highest BCUT2D eigenvalue weighted by molar-refractivity contribution is 5.99. The van der Waals surface area contributed by atoms with Crippen molar-refractivity contribution >= 4 is 23.0 Å². The molecule has 4 aromatic rings. The Hall–Kier alpha value is -4.06. The van der Waals surface area contributed by atoms with Crippen molar-refractivity contribution in [3.8, 4) is 11.5 Å². The highest BCUT2D eigenvalue weighted by atomic mass is 16.3. The van der Waals surface area contributed by atoms with E-state index in [0.717, 1.165) is 16.5 Å². The molecule has 0 aliphatic carbocycles. The Morgan fingerprint density at radius 1 is 0.966 bits per heavy atom. The summed E-state index contributed by atoms with van der Waals surface area (Å²) in [5.41, 5.74) is 5.43. The van der Waals surface area contributed by atoms with Gasteiger partial charge in [0, 0.05) is 29.1 Å². The summed E-state index contributed by atoms with van der Waals surface area (Å²) in [6.07, 6.45) is 1.33. The van der Waals surface area contributed by atoms with E-state index in [9.17, 15) is 15.0 Å². The van der Waals surface area contributed by atoms with Crippen molar-refractivity contribution in [1.29, 1.82) is 0 Å². The maximum absolute atomic E-state index is 12.8. The minimum Gasteiger partial charge on any atom is -0.508 e. The predicted molar refractivity (Wildman–Crippen MR) is 112 cm³/mol. The van der Waals surface area contributed by atoms with Gasteiger partial charge in [0.2, 0.25) is 0 Å². The maximum Gasteiger partial charge on any atom is 0.288 e. The molecule has 0 unspecified atom stereocenters. The van der Waals surface area contributed by atoms with Crippen LogP contribution in [0.2, 0.25) is 0 Å². The molecule has 4 rings (SSSR count). The van der Waals surface area contributed by atoms with Gasteiger partial charge in [-0.25, -0.2) is 5.43 Å². The van der Waals surface area contributed by atoms with Crippen LogP contribution in [-0.4, -0.2) is 26.9 Å². The SMILES string of the molecule is O=C(NN=Cc1ccc(O)cc1O)c1cc2ccccc2n1Cc1ccccc1. The van der Waals surface area contributed by atoms with E-state index < -0.39 is 0 Å². The lowest BCUT2D eigenvalue weighted by Crippen LogP contribution is -2.21. The summed E-state index contributed by atoms with van der Waals surface area (Å²) in [5, 5.41) is 24.1. The van der Waals surface area contributed by atoms with Crippen molar-refractivity contribution in [3.05, 3.63) is 95.7 Å². The molecule has 6 heteroatoms. The summed E-state index contributed by atoms with van der Waals surface area (Å²) in [7, 11) is 0. The molecule has 3 aromatic carbocycles. The first kappa shape index (κ1) is 18.3. The average Bonchev–Trinajstić information content (AvgIpc) is 3.09. The van der Waals surface area contributed by atoms with Crippen LogP contribution in [0.4, 0.5) is 0 Å². The van der Waals surface area contributed by atoms with Gasteiger partial charge in [-0.3, -0.25) is 4.79 Å². The Balaban J connectivity index is 1.61. The Bertz CT molecular complexity index is 1200. The van der Waals surface area contributed by atoms with E-state index in [2.05, 4.69) is 10.5 Å². The number of phenolic OH excluding ortho intramolecular Hbond substituents is 2. The number of fused-ring (bicyclic) bond motifs is 1. The molecule has 0 fully saturated rings. The Morgan fingerprint density at radius 2 is 1.72 bits per heavy atom. The van der Waals surface area contributed by atoms with Crippen LogP contribution in [0.25, 0.3) is 10.9 Å². The van der Waals surface area contributed by atoms with Crippen LogP contribution in [0.5, 0.6) is 11.5 Å². The summed E-state index contributed by atoms with van der Waals surface area (Å²) < 4.78 is 1.95. The second-order valence-corrected chi connectivity index (χ2v) is 6.60. The van der Waals surface area contributed by atoms with Crippen molar-refractivity contribution in [1.82, 2.24) is 9.99 Å². The van der Waals surface area contributed by atoms with Gasteiger partial charge < -0.3 is 14.8 Å². The fraction of sp³-hybridized carbons (Fsp3) is 0.0435. The number of hydrazone groups is 1. The molecule has 1 amide bonds. The molecule has 0 aliphatic heterocycles. The van der Waals surface area contributed by atoms with Crippen LogP contribution >= 0.6 is 0 Å². The van der Waals surface area contributed by atoms with Crippen LogP contribution in [-0.2, 0) is 6.54 Å². The molecule has 0 atom stereocenters. The lowest BCUT2D eigenvalue weighted by molar-refractivity contribution is 0.0946. The minimum absolute atomic E-state index is 0.0471. The molecule has 29 heavy (non-hydrogen) atoms. The molecule has 0 spiro atoms. The third-order valence-electron chi connectivity index (χ3n) is 4.61. The predicted octanol–water partition coefficient (Wildman–Crippen LogP) is 3.86. The number of benzene rings is 3. The molecular weight excluding hydrogens is 366 g/mol. The van der Waals surface area contributed by atoms with Gasteiger partial charge in [0.05, 0.1) is 6.21 Å². The van der Waals surface area contributed by atoms with Gasteiger partial charge in [0.15, 0.2) is 0 Å². The maximum atomic E-state index is 12.8. The number of hydrogen-bond donors (Lipinski definition) is 3. The normalized spacial score (nSPS) is 11.2. The number of carbonyl (C=O) groups is 1. The van der Waals surface area contributed by atoms with Crippen LogP contribution in [0.15, 0.2) is 84.0 Å². The van der Waals surface area contributed by atoms with Gasteiger partial charge in [-0.1, -0.05) is 48.5 Å². The van der Waals surface area contributed by atoms with E-state index in [1.54, 1.807) is 0 Å². The van der Waals surface area contributed by atoms with Gasteiger partial charge in [-0.15, -0.1) is 0 Å². The number of hydrogen-bond acceptors (Lipinski definition) is 4. The first-order valence-corrected chi connectivity index (χ1v) is 9.09. The molecular formula is C23H19N3O3. The second kappa shape index (κ2) is 7.90. The first-order chi connectivity index (χ1) is 14.1. The molecule has 3 N–H and O–H groups in total. The molecule has 0 saturated heterocycles. The number of nitrogens with one attached hydrogen (secondary N) is 1. The summed E-state index contributed by atoms with van der Waals surface area (Å²) >= 11 is 0. The molecule has 1 aromatic heterocycles. The number of aromatic nitrogens is 1. The monoisotopic (exact) mass is 385 g/mol. The second-order valence-electron chi connectivity index (χ2n) is 6.60. The number of aromatic hydroxyl groups is 2. The van der Waals surface area contributed by atoms with Gasteiger partial charge in [0.1, 0.15) is 17.2 Å². The molecule has 1 heterocycles. The van der Waals surface area contributed by atoms with Gasteiger partial charge >= 0.3 is 0 Å². The third kappa shape index (κ3) is 3.96. The van der Waals surface area contributed by atoms with E-state index in [1.165, 1.54) is 24.4 Å². The van der Waals surface area contributed by atoms with E-state index in [0.29, 0.717) is 17.8 Å². The molecule has 6 nitrogen and oxygen atoms in total. The van der Waals surface area contributed by atoms with Gasteiger partial charge in [0.25, 0.3) is 5.91 Å². The number of carbonyl (C=O) groups excluding carboxylic acids is 1. The molecule has 0 bridgehead atoms. The Morgan fingerprint density at radius 3 is 2.52 bits per heavy atom. The minimum atomic E-state index is -0.355. The van der Waals surface area contributed by atoms with Gasteiger partial charge in [-0.2, -0.15) is 5.10 Å². The zero-order valence-corrected chi connectivity index (χ0v) is 15.5. The lowest BCUT2D eigenvalue weighted by atomic mass is 10.2. The quantitative estimate of drug-likeness (QED) is 0.360. The summed E-state index contributed by atoms with van der Waals surface area (Å²) in [5.74, 6) is -0.526. The number of rotatable bonds is 5. The van der Waals surface area contributed by atoms with Crippen LogP contribution in [0, 0.1) is 0 Å². The molecule has 0 saturated carbocycles. The molecule has 0 radical (unpaired) electrons. The number of phenols is 2. The summed E-state index contributed by atoms with van der Waals surface area (Å²) in [4.78, 5) is 12.8. The van der Waals surface area contributed by atoms with Crippen molar-refractivity contribution in [2.75, 3.05) is 0 Å². The van der Waals surface area contributed by atoms with Crippen molar-refractivity contribution < 1.29 is 15.0 Å². The smallest absolute Gasteiger partial charge is 0.288 e. The van der Waals surface area contributed by atoms with Crippen molar-refractivity contribution in [2.24, 2.45) is 5.10 Å². The van der Waals surface area contributed by atoms with Gasteiger partial charge in [-0.05, 0) is 29.8 Å². The van der Waals surface area contributed by atoms with Crippen LogP contribution in [0.3, 0.4) is 0 Å². The zero-order chi connectivity index (χ0) is 20.2. The standard InChI is InChI=1S/C23H19N3O3/c27-19-11-10-18(22(28)13-19)14-24-25-23(29)21-12-17-8-4-5-9-20(17)26(21)15-16-6-2-1-3-7-16/h1-14,27-28H,15H2,(H,25,29). The third-order valence-corrected chi connectivity index (χ3v) is 4.61.